The third-order valence-electron chi connectivity index (χ3n) is 2.45. The Bertz CT molecular complexity index is 522. The first kappa shape index (κ1) is 12.8. The minimum absolute atomic E-state index is 0.116. The summed E-state index contributed by atoms with van der Waals surface area (Å²) in [6.07, 6.45) is 1.29. The Hall–Kier alpha value is -0.640. The van der Waals surface area contributed by atoms with Gasteiger partial charge in [0.15, 0.2) is 5.78 Å². The van der Waals surface area contributed by atoms with E-state index in [1.165, 1.54) is 5.56 Å². The number of rotatable bonds is 4. The average Bonchev–Trinajstić information content (AvgIpc) is 2.82. The minimum Gasteiger partial charge on any atom is -0.294 e. The molecule has 0 unspecified atom stereocenters. The van der Waals surface area contributed by atoms with Gasteiger partial charge in [-0.25, -0.2) is 0 Å². The van der Waals surface area contributed by atoms with Gasteiger partial charge in [0.05, 0.1) is 0 Å². The van der Waals surface area contributed by atoms with Crippen molar-refractivity contribution in [3.05, 3.63) is 55.6 Å². The van der Waals surface area contributed by atoms with E-state index in [1.807, 2.05) is 11.4 Å². The van der Waals surface area contributed by atoms with E-state index in [4.69, 9.17) is 11.6 Å². The summed E-state index contributed by atoms with van der Waals surface area (Å²) in [6.45, 7) is 0. The van der Waals surface area contributed by atoms with Crippen LogP contribution in [-0.4, -0.2) is 5.78 Å². The lowest BCUT2D eigenvalue weighted by Gasteiger charge is -2.03. The molecule has 17 heavy (non-hydrogen) atoms. The standard InChI is InChI=1S/C13H10BrClOS/c14-12-3-2-10(15)7-11(12)13(16)4-1-9-5-6-17-8-9/h2-3,5-8H,1,4H2. The molecule has 0 aliphatic heterocycles. The Balaban J connectivity index is 2.07. The number of ketones is 1. The van der Waals surface area contributed by atoms with Gasteiger partial charge in [-0.3, -0.25) is 4.79 Å². The van der Waals surface area contributed by atoms with Gasteiger partial charge in [-0.15, -0.1) is 0 Å². The van der Waals surface area contributed by atoms with E-state index in [-0.39, 0.29) is 5.78 Å². The van der Waals surface area contributed by atoms with Crippen LogP contribution >= 0.6 is 38.9 Å². The largest absolute Gasteiger partial charge is 0.294 e. The topological polar surface area (TPSA) is 17.1 Å². The van der Waals surface area contributed by atoms with Crippen molar-refractivity contribution >= 4 is 44.7 Å². The number of benzene rings is 1. The monoisotopic (exact) mass is 328 g/mol. The summed E-state index contributed by atoms with van der Waals surface area (Å²) in [6, 6.07) is 7.33. The number of hydrogen-bond acceptors (Lipinski definition) is 2. The van der Waals surface area contributed by atoms with Gasteiger partial charge in [0.2, 0.25) is 0 Å². The second-order valence-corrected chi connectivity index (χ2v) is 5.75. The second kappa shape index (κ2) is 5.80. The molecule has 0 aliphatic carbocycles. The normalized spacial score (nSPS) is 10.5. The van der Waals surface area contributed by atoms with Crippen LogP contribution < -0.4 is 0 Å². The van der Waals surface area contributed by atoms with Crippen LogP contribution in [0.1, 0.15) is 22.3 Å². The molecule has 4 heteroatoms. The first-order chi connectivity index (χ1) is 8.16. The van der Waals surface area contributed by atoms with Crippen molar-refractivity contribution in [3.8, 4) is 0 Å². The van der Waals surface area contributed by atoms with Crippen molar-refractivity contribution in [2.75, 3.05) is 0 Å². The van der Waals surface area contributed by atoms with Gasteiger partial charge in [-0.1, -0.05) is 27.5 Å². The Morgan fingerprint density at radius 3 is 2.88 bits per heavy atom. The Labute approximate surface area is 118 Å². The van der Waals surface area contributed by atoms with Gasteiger partial charge < -0.3 is 0 Å². The SMILES string of the molecule is O=C(CCc1ccsc1)c1cc(Cl)ccc1Br. The van der Waals surface area contributed by atoms with Crippen LogP contribution in [-0.2, 0) is 6.42 Å². The van der Waals surface area contributed by atoms with Gasteiger partial charge in [-0.2, -0.15) is 11.3 Å². The van der Waals surface area contributed by atoms with Gasteiger partial charge in [0, 0.05) is 21.5 Å². The molecule has 1 nitrogen and oxygen atoms in total. The van der Waals surface area contributed by atoms with Crippen LogP contribution in [0.15, 0.2) is 39.5 Å². The summed E-state index contributed by atoms with van der Waals surface area (Å²) in [4.78, 5) is 12.0. The summed E-state index contributed by atoms with van der Waals surface area (Å²) >= 11 is 10.9. The zero-order chi connectivity index (χ0) is 12.3. The Kier molecular flexibility index (Phi) is 4.37. The molecule has 0 bridgehead atoms. The predicted molar refractivity (Wildman–Crippen MR) is 76.1 cm³/mol. The molecule has 2 aromatic rings. The van der Waals surface area contributed by atoms with Crippen LogP contribution in [0.3, 0.4) is 0 Å². The van der Waals surface area contributed by atoms with E-state index in [2.05, 4.69) is 21.3 Å². The maximum atomic E-state index is 12.0. The number of carbonyl (C=O) groups excluding carboxylic acids is 1. The quantitative estimate of drug-likeness (QED) is 0.723. The third-order valence-corrected chi connectivity index (χ3v) is 4.11. The van der Waals surface area contributed by atoms with Gasteiger partial charge in [0.25, 0.3) is 0 Å². The summed E-state index contributed by atoms with van der Waals surface area (Å²) in [5.74, 6) is 0.116. The highest BCUT2D eigenvalue weighted by Crippen LogP contribution is 2.23. The molecular formula is C13H10BrClOS. The third kappa shape index (κ3) is 3.41. The van der Waals surface area contributed by atoms with Crippen LogP contribution in [0.4, 0.5) is 0 Å². The minimum atomic E-state index is 0.116. The number of thiophene rings is 1. The molecule has 88 valence electrons. The highest BCUT2D eigenvalue weighted by atomic mass is 79.9. The van der Waals surface area contributed by atoms with E-state index >= 15 is 0 Å². The average molecular weight is 330 g/mol. The molecule has 0 saturated carbocycles. The van der Waals surface area contributed by atoms with Crippen LogP contribution in [0, 0.1) is 0 Å². The summed E-state index contributed by atoms with van der Waals surface area (Å²) in [5.41, 5.74) is 1.87. The number of aryl methyl sites for hydroxylation is 1. The fraction of sp³-hybridized carbons (Fsp3) is 0.154. The first-order valence-corrected chi connectivity index (χ1v) is 7.27. The zero-order valence-electron chi connectivity index (χ0n) is 8.95. The fourth-order valence-corrected chi connectivity index (χ4v) is 2.88. The summed E-state index contributed by atoms with van der Waals surface area (Å²) in [5, 5.41) is 4.68. The summed E-state index contributed by atoms with van der Waals surface area (Å²) < 4.78 is 0.803. The van der Waals surface area contributed by atoms with E-state index in [1.54, 1.807) is 29.5 Å². The van der Waals surface area contributed by atoms with Crippen molar-refractivity contribution in [1.29, 1.82) is 0 Å². The van der Waals surface area contributed by atoms with Crippen molar-refractivity contribution in [2.24, 2.45) is 0 Å². The van der Waals surface area contributed by atoms with E-state index in [0.717, 1.165) is 10.9 Å². The van der Waals surface area contributed by atoms with Crippen LogP contribution in [0.25, 0.3) is 0 Å². The maximum absolute atomic E-state index is 12.0. The predicted octanol–water partition coefficient (Wildman–Crippen LogP) is 4.98. The molecule has 2 rings (SSSR count). The molecule has 0 spiro atoms. The van der Waals surface area contributed by atoms with E-state index in [0.29, 0.717) is 17.0 Å². The molecule has 0 atom stereocenters. The highest BCUT2D eigenvalue weighted by molar-refractivity contribution is 9.10. The molecule has 0 saturated heterocycles. The molecular weight excluding hydrogens is 320 g/mol. The lowest BCUT2D eigenvalue weighted by atomic mass is 10.0. The van der Waals surface area contributed by atoms with Crippen molar-refractivity contribution < 1.29 is 4.79 Å². The number of Topliss-reactive ketones (excluding diaryl/α,β-unsaturated/α-hetero) is 1. The molecule has 1 aromatic heterocycles. The lowest BCUT2D eigenvalue weighted by molar-refractivity contribution is 0.0982. The number of carbonyl (C=O) groups is 1. The smallest absolute Gasteiger partial charge is 0.164 e. The second-order valence-electron chi connectivity index (χ2n) is 3.68. The lowest BCUT2D eigenvalue weighted by Crippen LogP contribution is -2.01. The Morgan fingerprint density at radius 2 is 2.18 bits per heavy atom. The molecule has 1 heterocycles. The van der Waals surface area contributed by atoms with Crippen molar-refractivity contribution in [1.82, 2.24) is 0 Å². The van der Waals surface area contributed by atoms with Crippen LogP contribution in [0.2, 0.25) is 5.02 Å². The molecule has 0 amide bonds. The molecule has 0 fully saturated rings. The van der Waals surface area contributed by atoms with Gasteiger partial charge >= 0.3 is 0 Å². The van der Waals surface area contributed by atoms with Gasteiger partial charge in [-0.05, 0) is 47.0 Å². The first-order valence-electron chi connectivity index (χ1n) is 5.16. The van der Waals surface area contributed by atoms with Gasteiger partial charge in [0.1, 0.15) is 0 Å². The Morgan fingerprint density at radius 1 is 1.35 bits per heavy atom. The summed E-state index contributed by atoms with van der Waals surface area (Å²) in [7, 11) is 0. The van der Waals surface area contributed by atoms with Crippen molar-refractivity contribution in [2.45, 2.75) is 12.8 Å². The van der Waals surface area contributed by atoms with E-state index < -0.39 is 0 Å². The number of hydrogen-bond donors (Lipinski definition) is 0. The molecule has 0 aliphatic rings. The van der Waals surface area contributed by atoms with E-state index in [9.17, 15) is 4.79 Å². The molecule has 1 aromatic carbocycles. The fourth-order valence-electron chi connectivity index (χ4n) is 1.54. The van der Waals surface area contributed by atoms with Crippen LogP contribution in [0.5, 0.6) is 0 Å². The zero-order valence-corrected chi connectivity index (χ0v) is 12.1. The molecule has 0 radical (unpaired) electrons. The number of halogens is 2. The van der Waals surface area contributed by atoms with Crippen molar-refractivity contribution in [3.63, 3.8) is 0 Å². The highest BCUT2D eigenvalue weighted by Gasteiger charge is 2.10. The maximum Gasteiger partial charge on any atom is 0.164 e. The molecule has 0 N–H and O–H groups in total.